The number of hydrogen-bond donors (Lipinski definition) is 2. The number of hydrazine groups is 1. The van der Waals surface area contributed by atoms with Gasteiger partial charge in [-0.2, -0.15) is 0 Å². The van der Waals surface area contributed by atoms with E-state index in [0.717, 1.165) is 28.0 Å². The van der Waals surface area contributed by atoms with Crippen LogP contribution in [0.5, 0.6) is 0 Å². The van der Waals surface area contributed by atoms with E-state index in [2.05, 4.69) is 15.1 Å². The van der Waals surface area contributed by atoms with Gasteiger partial charge < -0.3 is 0 Å². The molecule has 7 nitrogen and oxygen atoms in total. The highest BCUT2D eigenvalue weighted by molar-refractivity contribution is 5.75. The number of aryl methyl sites for hydroxylation is 2. The van der Waals surface area contributed by atoms with Gasteiger partial charge in [0.2, 0.25) is 0 Å². The number of aromatic amines is 1. The van der Waals surface area contributed by atoms with Crippen LogP contribution in [0.3, 0.4) is 0 Å². The van der Waals surface area contributed by atoms with Gasteiger partial charge >= 0.3 is 0 Å². The maximum atomic E-state index is 12.5. The summed E-state index contributed by atoms with van der Waals surface area (Å²) in [5, 5.41) is 4.46. The number of nitrogens with two attached hydrogens (primary N) is 1. The summed E-state index contributed by atoms with van der Waals surface area (Å²) in [7, 11) is 0. The lowest BCUT2D eigenvalue weighted by Gasteiger charge is -2.14. The number of fused-ring (bicyclic) bond motifs is 1. The molecule has 0 aliphatic carbocycles. The summed E-state index contributed by atoms with van der Waals surface area (Å²) in [4.78, 5) is 21.4. The molecule has 0 aliphatic rings. The van der Waals surface area contributed by atoms with Gasteiger partial charge in [0.15, 0.2) is 5.65 Å². The van der Waals surface area contributed by atoms with Crippen LogP contribution >= 0.6 is 0 Å². The second-order valence-corrected chi connectivity index (χ2v) is 6.09. The highest BCUT2D eigenvalue weighted by Crippen LogP contribution is 2.20. The Morgan fingerprint density at radius 3 is 2.88 bits per heavy atom. The summed E-state index contributed by atoms with van der Waals surface area (Å²) in [5.41, 5.74) is 4.79. The minimum Gasteiger partial charge on any atom is -0.296 e. The highest BCUT2D eigenvalue weighted by Gasteiger charge is 2.14. The van der Waals surface area contributed by atoms with Gasteiger partial charge in [-0.05, 0) is 50.5 Å². The van der Waals surface area contributed by atoms with Crippen molar-refractivity contribution in [2.24, 2.45) is 5.84 Å². The number of nitrogens with one attached hydrogen (secondary N) is 1. The molecule has 0 saturated carbocycles. The van der Waals surface area contributed by atoms with Crippen LogP contribution in [-0.4, -0.2) is 19.6 Å². The standard InChI is InChI=1S/C18H22N6O/c1-5-14-13(4)22-17-15(9-21-24(17)18(14)25)12(3)10-23(19)16-8-11(2)6-7-20-16/h6-10,21H,5,19H2,1-4H3. The number of allylic oxidation sites excluding steroid dienone is 1. The molecule has 0 fully saturated rings. The fraction of sp³-hybridized carbons (Fsp3) is 0.278. The molecule has 3 N–H and O–H groups in total. The van der Waals surface area contributed by atoms with Crippen LogP contribution in [0.1, 0.15) is 36.2 Å². The molecule has 7 heteroatoms. The average Bonchev–Trinajstić information content (AvgIpc) is 2.99. The molecule has 3 aromatic heterocycles. The lowest BCUT2D eigenvalue weighted by Crippen LogP contribution is -2.25. The lowest BCUT2D eigenvalue weighted by atomic mass is 10.1. The number of nitrogens with zero attached hydrogens (tertiary/aromatic N) is 4. The van der Waals surface area contributed by atoms with E-state index in [1.54, 1.807) is 18.6 Å². The molecule has 0 atom stereocenters. The molecule has 0 aromatic carbocycles. The molecule has 0 bridgehead atoms. The summed E-state index contributed by atoms with van der Waals surface area (Å²) >= 11 is 0. The minimum atomic E-state index is -0.0611. The normalized spacial score (nSPS) is 12.0. The maximum Gasteiger partial charge on any atom is 0.276 e. The van der Waals surface area contributed by atoms with E-state index < -0.39 is 0 Å². The summed E-state index contributed by atoms with van der Waals surface area (Å²) in [6.07, 6.45) is 5.92. The third-order valence-electron chi connectivity index (χ3n) is 4.24. The van der Waals surface area contributed by atoms with Crippen molar-refractivity contribution in [2.45, 2.75) is 34.1 Å². The molecule has 3 aromatic rings. The van der Waals surface area contributed by atoms with E-state index in [0.29, 0.717) is 17.9 Å². The van der Waals surface area contributed by atoms with Crippen LogP contribution in [0.25, 0.3) is 11.2 Å². The fourth-order valence-electron chi connectivity index (χ4n) is 2.86. The molecular formula is C18H22N6O. The number of H-pyrrole nitrogens is 1. The summed E-state index contributed by atoms with van der Waals surface area (Å²) in [5.74, 6) is 6.76. The molecule has 0 radical (unpaired) electrons. The minimum absolute atomic E-state index is 0.0611. The van der Waals surface area contributed by atoms with E-state index in [4.69, 9.17) is 5.84 Å². The predicted molar refractivity (Wildman–Crippen MR) is 99.2 cm³/mol. The first-order chi connectivity index (χ1) is 11.9. The predicted octanol–water partition coefficient (Wildman–Crippen LogP) is 2.34. The zero-order valence-electron chi connectivity index (χ0n) is 14.9. The Morgan fingerprint density at radius 2 is 2.20 bits per heavy atom. The van der Waals surface area contributed by atoms with Gasteiger partial charge in [0, 0.05) is 35.4 Å². The zero-order valence-corrected chi connectivity index (χ0v) is 14.9. The van der Waals surface area contributed by atoms with Gasteiger partial charge in [-0.15, -0.1) is 0 Å². The van der Waals surface area contributed by atoms with E-state index in [-0.39, 0.29) is 5.56 Å². The monoisotopic (exact) mass is 338 g/mol. The third kappa shape index (κ3) is 3.06. The second-order valence-electron chi connectivity index (χ2n) is 6.09. The van der Waals surface area contributed by atoms with E-state index in [1.807, 2.05) is 39.8 Å². The molecule has 130 valence electrons. The molecule has 3 rings (SSSR count). The summed E-state index contributed by atoms with van der Waals surface area (Å²) in [6.45, 7) is 7.73. The third-order valence-corrected chi connectivity index (χ3v) is 4.24. The van der Waals surface area contributed by atoms with Gasteiger partial charge in [0.1, 0.15) is 5.82 Å². The highest BCUT2D eigenvalue weighted by atomic mass is 16.1. The first-order valence-electron chi connectivity index (χ1n) is 8.17. The Bertz CT molecular complexity index is 1010. The van der Waals surface area contributed by atoms with Crippen molar-refractivity contribution in [3.63, 3.8) is 0 Å². The molecule has 25 heavy (non-hydrogen) atoms. The van der Waals surface area contributed by atoms with Crippen LogP contribution < -0.4 is 16.4 Å². The maximum absolute atomic E-state index is 12.5. The van der Waals surface area contributed by atoms with Crippen molar-refractivity contribution < 1.29 is 0 Å². The number of hydrogen-bond acceptors (Lipinski definition) is 5. The Labute approximate surface area is 145 Å². The number of pyridine rings is 1. The number of anilines is 1. The SMILES string of the molecule is CCc1c(C)nc2c(C(C)=CN(N)c3cc(C)ccn3)c[nH]n2c1=O. The van der Waals surface area contributed by atoms with E-state index in [1.165, 1.54) is 9.52 Å². The van der Waals surface area contributed by atoms with Crippen LogP contribution in [0, 0.1) is 13.8 Å². The molecule has 0 amide bonds. The summed E-state index contributed by atoms with van der Waals surface area (Å²) in [6, 6.07) is 3.82. The first-order valence-corrected chi connectivity index (χ1v) is 8.17. The molecule has 3 heterocycles. The lowest BCUT2D eigenvalue weighted by molar-refractivity contribution is 0.853. The molecule has 0 unspecified atom stereocenters. The first kappa shape index (κ1) is 16.9. The van der Waals surface area contributed by atoms with Crippen molar-refractivity contribution in [1.82, 2.24) is 19.6 Å². The summed E-state index contributed by atoms with van der Waals surface area (Å²) < 4.78 is 1.48. The molecule has 0 saturated heterocycles. The molecule has 0 aliphatic heterocycles. The largest absolute Gasteiger partial charge is 0.296 e. The van der Waals surface area contributed by atoms with Gasteiger partial charge in [0.25, 0.3) is 5.56 Å². The van der Waals surface area contributed by atoms with Crippen molar-refractivity contribution in [2.75, 3.05) is 5.01 Å². The Hall–Kier alpha value is -2.93. The Kier molecular flexibility index (Phi) is 4.41. The van der Waals surface area contributed by atoms with Gasteiger partial charge in [0.05, 0.1) is 0 Å². The van der Waals surface area contributed by atoms with E-state index >= 15 is 0 Å². The van der Waals surface area contributed by atoms with Crippen molar-refractivity contribution in [3.05, 3.63) is 63.5 Å². The number of rotatable bonds is 4. The topological polar surface area (TPSA) is 92.3 Å². The van der Waals surface area contributed by atoms with Crippen LogP contribution in [0.15, 0.2) is 35.5 Å². The fourth-order valence-corrected chi connectivity index (χ4v) is 2.86. The van der Waals surface area contributed by atoms with Crippen molar-refractivity contribution >= 4 is 17.0 Å². The Balaban J connectivity index is 2.05. The van der Waals surface area contributed by atoms with Gasteiger partial charge in [-0.25, -0.2) is 20.3 Å². The van der Waals surface area contributed by atoms with Crippen LogP contribution in [-0.2, 0) is 6.42 Å². The average molecular weight is 338 g/mol. The van der Waals surface area contributed by atoms with Crippen molar-refractivity contribution in [3.8, 4) is 0 Å². The zero-order chi connectivity index (χ0) is 18.1. The number of aromatic nitrogens is 4. The van der Waals surface area contributed by atoms with E-state index in [9.17, 15) is 4.79 Å². The molecule has 0 spiro atoms. The van der Waals surface area contributed by atoms with Crippen LogP contribution in [0.4, 0.5) is 5.82 Å². The Morgan fingerprint density at radius 1 is 1.44 bits per heavy atom. The van der Waals surface area contributed by atoms with Crippen molar-refractivity contribution in [1.29, 1.82) is 0 Å². The van der Waals surface area contributed by atoms with Crippen LogP contribution in [0.2, 0.25) is 0 Å². The molecular weight excluding hydrogens is 316 g/mol. The second kappa shape index (κ2) is 6.52. The smallest absolute Gasteiger partial charge is 0.276 e. The van der Waals surface area contributed by atoms with Gasteiger partial charge in [-0.1, -0.05) is 6.92 Å². The quantitative estimate of drug-likeness (QED) is 0.563. The van der Waals surface area contributed by atoms with Gasteiger partial charge in [-0.3, -0.25) is 14.9 Å².